The molecule has 0 unspecified atom stereocenters. The number of esters is 2. The van der Waals surface area contributed by atoms with Crippen LogP contribution in [0.3, 0.4) is 0 Å². The molecule has 0 amide bonds. The van der Waals surface area contributed by atoms with Crippen molar-refractivity contribution in [2.75, 3.05) is 13.2 Å². The van der Waals surface area contributed by atoms with E-state index in [2.05, 4.69) is 13.8 Å². The van der Waals surface area contributed by atoms with Gasteiger partial charge in [0.05, 0.1) is 29.2 Å². The quantitative estimate of drug-likeness (QED) is 0.172. The summed E-state index contributed by atoms with van der Waals surface area (Å²) in [6.07, 6.45) is 7.40. The Bertz CT molecular complexity index is 703. The van der Waals surface area contributed by atoms with Gasteiger partial charge in [0.1, 0.15) is 0 Å². The zero-order valence-electron chi connectivity index (χ0n) is 16.6. The van der Waals surface area contributed by atoms with Crippen LogP contribution in [0.25, 0.3) is 0 Å². The second-order valence-corrected chi connectivity index (χ2v) is 8.04. The van der Waals surface area contributed by atoms with Gasteiger partial charge in [-0.2, -0.15) is 8.42 Å². The van der Waals surface area contributed by atoms with E-state index in [9.17, 15) is 22.6 Å². The summed E-state index contributed by atoms with van der Waals surface area (Å²) in [6, 6.07) is 3.20. The van der Waals surface area contributed by atoms with Crippen LogP contribution in [-0.2, 0) is 19.6 Å². The van der Waals surface area contributed by atoms with Crippen LogP contribution >= 0.6 is 0 Å². The van der Waals surface area contributed by atoms with Gasteiger partial charge in [-0.1, -0.05) is 52.4 Å². The van der Waals surface area contributed by atoms with Gasteiger partial charge < -0.3 is 9.47 Å². The van der Waals surface area contributed by atoms with E-state index in [1.807, 2.05) is 0 Å². The average molecular weight is 554 g/mol. The minimum absolute atomic E-state index is 0. The Morgan fingerprint density at radius 3 is 1.55 bits per heavy atom. The van der Waals surface area contributed by atoms with Crippen LogP contribution in [0.5, 0.6) is 0 Å². The predicted octanol–water partition coefficient (Wildman–Crippen LogP) is 3.49. The maximum absolute atomic E-state index is 12.2. The Balaban J connectivity index is 0.00000784. The van der Waals surface area contributed by atoms with Gasteiger partial charge in [0.2, 0.25) is 0 Å². The van der Waals surface area contributed by atoms with Crippen molar-refractivity contribution in [2.24, 2.45) is 0 Å². The third-order valence-electron chi connectivity index (χ3n) is 4.14. The van der Waals surface area contributed by atoms with Gasteiger partial charge in [-0.15, -0.1) is 0 Å². The molecule has 0 aliphatic rings. The molecule has 7 nitrogen and oxygen atoms in total. The normalized spacial score (nSPS) is 10.9. The van der Waals surface area contributed by atoms with Gasteiger partial charge in [0, 0.05) is 0 Å². The van der Waals surface area contributed by atoms with Crippen molar-refractivity contribution in [2.45, 2.75) is 70.1 Å². The summed E-state index contributed by atoms with van der Waals surface area (Å²) in [6.45, 7) is 4.53. The summed E-state index contributed by atoms with van der Waals surface area (Å²) in [5, 5.41) is 0. The van der Waals surface area contributed by atoms with Crippen LogP contribution in [0.15, 0.2) is 23.1 Å². The monoisotopic (exact) mass is 554 g/mol. The van der Waals surface area contributed by atoms with Gasteiger partial charge in [-0.25, -0.2) is 9.59 Å². The summed E-state index contributed by atoms with van der Waals surface area (Å²) in [7, 11) is -4.60. The summed E-state index contributed by atoms with van der Waals surface area (Å²) in [4.78, 5) is 23.9. The van der Waals surface area contributed by atoms with Crippen LogP contribution in [-0.4, -0.2) is 87.0 Å². The van der Waals surface area contributed by atoms with Gasteiger partial charge in [-0.05, 0) is 31.0 Å². The topological polar surface area (TPSA) is 107 Å². The average Bonchev–Trinajstić information content (AvgIpc) is 2.66. The van der Waals surface area contributed by atoms with Crippen molar-refractivity contribution in [3.63, 3.8) is 0 Å². The first-order valence-electron chi connectivity index (χ1n) is 9.76. The van der Waals surface area contributed by atoms with Crippen LogP contribution in [0, 0.1) is 0 Å². The van der Waals surface area contributed by atoms with E-state index < -0.39 is 27.0 Å². The maximum atomic E-state index is 12.2. The summed E-state index contributed by atoms with van der Waals surface area (Å²) >= 11 is 0. The fraction of sp³-hybridized carbons (Fsp3) is 0.600. The van der Waals surface area contributed by atoms with Crippen LogP contribution < -0.4 is 0 Å². The van der Waals surface area contributed by atoms with Crippen molar-refractivity contribution in [3.05, 3.63) is 29.3 Å². The molecular formula is C20H32BaO7S. The molecular weight excluding hydrogens is 522 g/mol. The number of carbonyl (C=O) groups excluding carboxylic acids is 2. The number of ether oxygens (including phenoxy) is 2. The van der Waals surface area contributed by atoms with Crippen molar-refractivity contribution < 1.29 is 32.0 Å². The summed E-state index contributed by atoms with van der Waals surface area (Å²) < 4.78 is 42.6. The van der Waals surface area contributed by atoms with E-state index in [4.69, 9.17) is 9.47 Å². The van der Waals surface area contributed by atoms with E-state index in [-0.39, 0.29) is 73.2 Å². The molecule has 0 heterocycles. The van der Waals surface area contributed by atoms with Crippen molar-refractivity contribution >= 4 is 70.9 Å². The standard InChI is InChI=1S/C20H30O7S.Ba.2H/c1-3-5-7-9-11-26-19(21)16-13-17(15-18(14-16)28(23,24)25)20(22)27-12-10-8-6-4-2;;;/h13-15H,3-12H2,1-2H3,(H,23,24,25);;;. The number of hydrogen-bond donors (Lipinski definition) is 1. The molecule has 1 aromatic rings. The summed E-state index contributed by atoms with van der Waals surface area (Å²) in [5.74, 6) is -1.50. The first-order chi connectivity index (χ1) is 13.3. The number of rotatable bonds is 13. The molecule has 0 saturated carbocycles. The van der Waals surface area contributed by atoms with Crippen molar-refractivity contribution in [1.29, 1.82) is 0 Å². The number of unbranched alkanes of at least 4 members (excludes halogenated alkanes) is 6. The Kier molecular flexibility index (Phi) is 15.3. The molecule has 9 heteroatoms. The predicted molar refractivity (Wildman–Crippen MR) is 114 cm³/mol. The molecule has 1 aromatic carbocycles. The van der Waals surface area contributed by atoms with E-state index in [0.717, 1.165) is 50.7 Å². The Labute approximate surface area is 213 Å². The second kappa shape index (κ2) is 15.4. The molecule has 0 radical (unpaired) electrons. The van der Waals surface area contributed by atoms with Crippen molar-refractivity contribution in [1.82, 2.24) is 0 Å². The fourth-order valence-corrected chi connectivity index (χ4v) is 3.09. The zero-order chi connectivity index (χ0) is 21.0. The van der Waals surface area contributed by atoms with Crippen molar-refractivity contribution in [3.8, 4) is 0 Å². The molecule has 0 bridgehead atoms. The zero-order valence-corrected chi connectivity index (χ0v) is 17.4. The fourth-order valence-electron chi connectivity index (χ4n) is 2.54. The minimum atomic E-state index is -4.60. The molecule has 0 fully saturated rings. The molecule has 0 atom stereocenters. The second-order valence-electron chi connectivity index (χ2n) is 6.61. The third kappa shape index (κ3) is 11.6. The van der Waals surface area contributed by atoms with E-state index in [0.29, 0.717) is 12.8 Å². The Hall–Kier alpha value is -0.359. The molecule has 29 heavy (non-hydrogen) atoms. The Morgan fingerprint density at radius 2 is 1.21 bits per heavy atom. The molecule has 1 N–H and O–H groups in total. The molecule has 0 aromatic heterocycles. The van der Waals surface area contributed by atoms with Crippen LogP contribution in [0.2, 0.25) is 0 Å². The Morgan fingerprint density at radius 1 is 0.793 bits per heavy atom. The van der Waals surface area contributed by atoms with E-state index in [1.54, 1.807) is 0 Å². The van der Waals surface area contributed by atoms with Gasteiger partial charge >= 0.3 is 60.8 Å². The molecule has 162 valence electrons. The number of benzene rings is 1. The van der Waals surface area contributed by atoms with Crippen LogP contribution in [0.4, 0.5) is 0 Å². The first-order valence-corrected chi connectivity index (χ1v) is 11.2. The third-order valence-corrected chi connectivity index (χ3v) is 4.97. The number of carbonyl (C=O) groups is 2. The van der Waals surface area contributed by atoms with Gasteiger partial charge in [0.15, 0.2) is 0 Å². The van der Waals surface area contributed by atoms with Gasteiger partial charge in [0.25, 0.3) is 10.1 Å². The van der Waals surface area contributed by atoms with E-state index in [1.165, 1.54) is 6.07 Å². The van der Waals surface area contributed by atoms with E-state index >= 15 is 0 Å². The summed E-state index contributed by atoms with van der Waals surface area (Å²) in [5.41, 5.74) is -0.243. The SMILES string of the molecule is CCCCCCOC(=O)c1cc(C(=O)OCCCCCC)cc(S(=O)(=O)O)c1.[BaH2]. The number of hydrogen-bond acceptors (Lipinski definition) is 6. The first kappa shape index (κ1) is 28.6. The van der Waals surface area contributed by atoms with Gasteiger partial charge in [-0.3, -0.25) is 4.55 Å². The molecule has 0 aliphatic heterocycles. The molecule has 0 spiro atoms. The molecule has 0 saturated heterocycles. The van der Waals surface area contributed by atoms with Crippen LogP contribution in [0.1, 0.15) is 85.9 Å². The molecule has 1 rings (SSSR count). The molecule has 0 aliphatic carbocycles.